The molecule has 2 N–H and O–H groups in total. The van der Waals surface area contributed by atoms with Gasteiger partial charge in [0.2, 0.25) is 9.84 Å². The molecule has 12 heteroatoms. The molecule has 0 aliphatic rings. The minimum Gasteiger partial charge on any atom is -0.466 e. The Hall–Kier alpha value is -3.93. The van der Waals surface area contributed by atoms with Crippen LogP contribution in [-0.2, 0) is 30.5 Å². The van der Waals surface area contributed by atoms with Gasteiger partial charge in [0, 0.05) is 23.7 Å². The lowest BCUT2D eigenvalue weighted by Crippen LogP contribution is -2.40. The van der Waals surface area contributed by atoms with E-state index in [4.69, 9.17) is 21.1 Å². The molecule has 45 heavy (non-hydrogen) atoms. The highest BCUT2D eigenvalue weighted by Gasteiger charge is 2.25. The summed E-state index contributed by atoms with van der Waals surface area (Å²) in [6.07, 6.45) is -1.22. The maximum atomic E-state index is 13.4. The van der Waals surface area contributed by atoms with Gasteiger partial charge in [-0.2, -0.15) is 0 Å². The highest BCUT2D eigenvalue weighted by Crippen LogP contribution is 2.24. The summed E-state index contributed by atoms with van der Waals surface area (Å²) in [7, 11) is -3.95. The molecule has 0 aliphatic carbocycles. The van der Waals surface area contributed by atoms with Crippen molar-refractivity contribution in [2.24, 2.45) is 0 Å². The van der Waals surface area contributed by atoms with Crippen molar-refractivity contribution in [1.82, 2.24) is 10.2 Å². The van der Waals surface area contributed by atoms with E-state index in [9.17, 15) is 27.9 Å². The fourth-order valence-corrected chi connectivity index (χ4v) is 5.77. The largest absolute Gasteiger partial charge is 0.466 e. The second kappa shape index (κ2) is 15.9. The van der Waals surface area contributed by atoms with E-state index in [1.165, 1.54) is 41.3 Å². The van der Waals surface area contributed by atoms with Gasteiger partial charge in [-0.05, 0) is 87.7 Å². The summed E-state index contributed by atoms with van der Waals surface area (Å²) in [5.41, 5.74) is 0.713. The second-order valence-corrected chi connectivity index (χ2v) is 13.6. The van der Waals surface area contributed by atoms with Crippen LogP contribution in [0.2, 0.25) is 5.02 Å². The molecule has 0 heterocycles. The van der Waals surface area contributed by atoms with Gasteiger partial charge < -0.3 is 24.8 Å². The quantitative estimate of drug-likeness (QED) is 0.234. The Balaban J connectivity index is 1.70. The standard InChI is InChI=1S/C33H39ClN2O8S/c1-5-43-30(38)16-18-35-31(39)25-9-7-11-28(21-25)45(41,42)27-14-12-23(13-15-27)17-19-36(32(40)44-33(2,3)4)22-29(37)24-8-6-10-26(34)20-24/h6-15,20-21,29,37H,5,16-19,22H2,1-4H3,(H,35,39). The van der Waals surface area contributed by atoms with E-state index in [-0.39, 0.29) is 48.0 Å². The maximum absolute atomic E-state index is 13.4. The number of amides is 2. The average Bonchev–Trinajstić information content (AvgIpc) is 2.98. The molecule has 10 nitrogen and oxygen atoms in total. The van der Waals surface area contributed by atoms with Crippen molar-refractivity contribution in [3.05, 3.63) is 94.5 Å². The summed E-state index contributed by atoms with van der Waals surface area (Å²) < 4.78 is 37.1. The number of halogens is 1. The Morgan fingerprint density at radius 3 is 2.31 bits per heavy atom. The van der Waals surface area contributed by atoms with Crippen LogP contribution in [-0.4, -0.2) is 68.2 Å². The number of carbonyl (C=O) groups excluding carboxylic acids is 3. The summed E-state index contributed by atoms with van der Waals surface area (Å²) in [6.45, 7) is 7.42. The highest BCUT2D eigenvalue weighted by atomic mass is 35.5. The zero-order chi connectivity index (χ0) is 33.2. The number of nitrogens with zero attached hydrogens (tertiary/aromatic N) is 1. The number of hydrogen-bond acceptors (Lipinski definition) is 8. The molecule has 0 spiro atoms. The summed E-state index contributed by atoms with van der Waals surface area (Å²) in [5.74, 6) is -0.952. The Morgan fingerprint density at radius 1 is 0.978 bits per heavy atom. The first-order valence-corrected chi connectivity index (χ1v) is 16.3. The van der Waals surface area contributed by atoms with Crippen molar-refractivity contribution < 1.29 is 37.4 Å². The molecule has 0 aliphatic heterocycles. The third-order valence-electron chi connectivity index (χ3n) is 6.51. The van der Waals surface area contributed by atoms with Crippen LogP contribution in [0.3, 0.4) is 0 Å². The summed E-state index contributed by atoms with van der Waals surface area (Å²) >= 11 is 6.07. The lowest BCUT2D eigenvalue weighted by atomic mass is 10.1. The molecule has 0 fully saturated rings. The number of rotatable bonds is 13. The molecule has 0 saturated carbocycles. The average molecular weight is 659 g/mol. The van der Waals surface area contributed by atoms with Crippen LogP contribution in [0.5, 0.6) is 0 Å². The molecule has 0 aromatic heterocycles. The third-order valence-corrected chi connectivity index (χ3v) is 8.51. The number of esters is 1. The van der Waals surface area contributed by atoms with Crippen molar-refractivity contribution in [1.29, 1.82) is 0 Å². The third kappa shape index (κ3) is 10.9. The van der Waals surface area contributed by atoms with Gasteiger partial charge in [-0.3, -0.25) is 9.59 Å². The van der Waals surface area contributed by atoms with Crippen LogP contribution in [0.25, 0.3) is 0 Å². The number of nitrogens with one attached hydrogen (secondary N) is 1. The molecule has 242 valence electrons. The molecule has 3 rings (SSSR count). The minimum absolute atomic E-state index is 0.00192. The highest BCUT2D eigenvalue weighted by molar-refractivity contribution is 7.91. The van der Waals surface area contributed by atoms with Crippen molar-refractivity contribution in [2.75, 3.05) is 26.2 Å². The van der Waals surface area contributed by atoms with E-state index in [1.54, 1.807) is 64.1 Å². The zero-order valence-corrected chi connectivity index (χ0v) is 27.4. The first-order chi connectivity index (χ1) is 21.2. The molecule has 2 amide bonds. The normalized spacial score (nSPS) is 12.2. The number of aliphatic hydroxyl groups excluding tert-OH is 1. The number of benzene rings is 3. The Bertz CT molecular complexity index is 1590. The van der Waals surface area contributed by atoms with Gasteiger partial charge in [0.25, 0.3) is 5.91 Å². The SMILES string of the molecule is CCOC(=O)CCNC(=O)c1cccc(S(=O)(=O)c2ccc(CCN(CC(O)c3cccc(Cl)c3)C(=O)OC(C)(C)C)cc2)c1. The fourth-order valence-electron chi connectivity index (χ4n) is 4.26. The molecule has 0 radical (unpaired) electrons. The lowest BCUT2D eigenvalue weighted by Gasteiger charge is -2.29. The van der Waals surface area contributed by atoms with Gasteiger partial charge in [0.1, 0.15) is 5.60 Å². The molecular formula is C33H39ClN2O8S. The van der Waals surface area contributed by atoms with E-state index in [1.807, 2.05) is 0 Å². The van der Waals surface area contributed by atoms with Gasteiger partial charge in [-0.25, -0.2) is 13.2 Å². The van der Waals surface area contributed by atoms with Crippen molar-refractivity contribution in [3.63, 3.8) is 0 Å². The monoisotopic (exact) mass is 658 g/mol. The molecule has 3 aromatic rings. The lowest BCUT2D eigenvalue weighted by molar-refractivity contribution is -0.142. The van der Waals surface area contributed by atoms with Crippen LogP contribution in [0.4, 0.5) is 4.79 Å². The van der Waals surface area contributed by atoms with E-state index >= 15 is 0 Å². The molecule has 0 saturated heterocycles. The molecule has 3 aromatic carbocycles. The number of hydrogen-bond donors (Lipinski definition) is 2. The smallest absolute Gasteiger partial charge is 0.410 e. The van der Waals surface area contributed by atoms with Crippen LogP contribution in [0.1, 0.15) is 61.7 Å². The topological polar surface area (TPSA) is 139 Å². The van der Waals surface area contributed by atoms with Gasteiger partial charge >= 0.3 is 12.1 Å². The molecule has 1 unspecified atom stereocenters. The van der Waals surface area contributed by atoms with Gasteiger partial charge in [-0.1, -0.05) is 41.9 Å². The van der Waals surface area contributed by atoms with E-state index < -0.39 is 39.5 Å². The maximum Gasteiger partial charge on any atom is 0.410 e. The number of ether oxygens (including phenoxy) is 2. The summed E-state index contributed by atoms with van der Waals surface area (Å²) in [6, 6.07) is 18.7. The van der Waals surface area contributed by atoms with Crippen LogP contribution < -0.4 is 5.32 Å². The van der Waals surface area contributed by atoms with Crippen LogP contribution >= 0.6 is 11.6 Å². The first-order valence-electron chi connectivity index (χ1n) is 14.5. The number of aliphatic hydroxyl groups is 1. The Kier molecular flexibility index (Phi) is 12.5. The fraction of sp³-hybridized carbons (Fsp3) is 0.364. The Morgan fingerprint density at radius 2 is 1.67 bits per heavy atom. The van der Waals surface area contributed by atoms with Gasteiger partial charge in [0.15, 0.2) is 0 Å². The van der Waals surface area contributed by atoms with E-state index in [2.05, 4.69) is 5.32 Å². The van der Waals surface area contributed by atoms with Crippen molar-refractivity contribution in [2.45, 2.75) is 62.0 Å². The predicted octanol–water partition coefficient (Wildman–Crippen LogP) is 5.37. The van der Waals surface area contributed by atoms with E-state index in [0.29, 0.717) is 17.0 Å². The van der Waals surface area contributed by atoms with Crippen molar-refractivity contribution in [3.8, 4) is 0 Å². The van der Waals surface area contributed by atoms with Crippen LogP contribution in [0.15, 0.2) is 82.6 Å². The molecule has 1 atom stereocenters. The summed E-state index contributed by atoms with van der Waals surface area (Å²) in [5, 5.41) is 13.9. The second-order valence-electron chi connectivity index (χ2n) is 11.2. The van der Waals surface area contributed by atoms with E-state index in [0.717, 1.165) is 5.56 Å². The number of carbonyl (C=O) groups is 3. The summed E-state index contributed by atoms with van der Waals surface area (Å²) in [4.78, 5) is 38.4. The van der Waals surface area contributed by atoms with Gasteiger partial charge in [-0.15, -0.1) is 0 Å². The van der Waals surface area contributed by atoms with Crippen molar-refractivity contribution >= 4 is 39.4 Å². The van der Waals surface area contributed by atoms with Crippen LogP contribution in [0, 0.1) is 0 Å². The first kappa shape index (κ1) is 35.5. The minimum atomic E-state index is -3.95. The molecular weight excluding hydrogens is 620 g/mol. The van der Waals surface area contributed by atoms with Gasteiger partial charge in [0.05, 0.1) is 35.5 Å². The number of sulfone groups is 1. The molecule has 0 bridgehead atoms. The predicted molar refractivity (Wildman–Crippen MR) is 170 cm³/mol. The zero-order valence-electron chi connectivity index (χ0n) is 25.8. The Labute approximate surface area is 269 Å².